The van der Waals surface area contributed by atoms with Crippen molar-refractivity contribution in [2.45, 2.75) is 314 Å². The molecule has 562 valence electrons. The lowest BCUT2D eigenvalue weighted by atomic mass is 9.42. The summed E-state index contributed by atoms with van der Waals surface area (Å²) < 4.78 is 106. The number of hydrogen-bond acceptors (Lipinski definition) is 29. The van der Waals surface area contributed by atoms with Crippen molar-refractivity contribution in [2.75, 3.05) is 41.7 Å². The summed E-state index contributed by atoms with van der Waals surface area (Å²) in [4.78, 5) is 13.7. The first-order valence-electron chi connectivity index (χ1n) is 35.1. The van der Waals surface area contributed by atoms with Crippen LogP contribution in [-0.2, 0) is 85.3 Å². The monoisotopic (exact) mass is 1410 g/mol. The minimum absolute atomic E-state index is 0.0103. The highest BCUT2D eigenvalue weighted by molar-refractivity contribution is 5.87. The zero-order chi connectivity index (χ0) is 71.4. The van der Waals surface area contributed by atoms with Gasteiger partial charge in [-0.15, -0.1) is 0 Å². The molecule has 10 aliphatic rings. The normalized spacial score (nSPS) is 49.8. The van der Waals surface area contributed by atoms with E-state index >= 15 is 0 Å². The number of aliphatic hydroxyl groups excluding tert-OH is 8. The minimum atomic E-state index is -1.94. The Morgan fingerprint density at radius 2 is 1.07 bits per heavy atom. The molecule has 29 nitrogen and oxygen atoms in total. The molecule has 6 aliphatic heterocycles. The highest BCUT2D eigenvalue weighted by Crippen LogP contribution is 2.71. The van der Waals surface area contributed by atoms with Gasteiger partial charge in [0.15, 0.2) is 37.7 Å². The molecule has 11 rings (SSSR count). The Bertz CT molecular complexity index is 2880. The van der Waals surface area contributed by atoms with Crippen LogP contribution in [-0.4, -0.2) is 299 Å². The summed E-state index contributed by atoms with van der Waals surface area (Å²) in [5.74, 6) is -1.25. The molecule has 1 aromatic carbocycles. The predicted octanol–water partition coefficient (Wildman–Crippen LogP) is 0.676. The molecule has 4 aliphatic carbocycles. The van der Waals surface area contributed by atoms with Gasteiger partial charge < -0.3 is 137 Å². The molecule has 0 bridgehead atoms. The highest BCUT2D eigenvalue weighted by atomic mass is 16.8. The van der Waals surface area contributed by atoms with Crippen LogP contribution in [0.15, 0.2) is 48.1 Å². The molecule has 35 atom stereocenters. The lowest BCUT2D eigenvalue weighted by molar-refractivity contribution is -0.363. The predicted molar refractivity (Wildman–Crippen MR) is 342 cm³/mol. The maximum Gasteiger partial charge on any atom is 0.331 e. The minimum Gasteiger partial charge on any atom is -0.458 e. The van der Waals surface area contributed by atoms with Crippen molar-refractivity contribution in [3.05, 3.63) is 53.6 Å². The number of methoxy groups -OCH3 is 4. The zero-order valence-electron chi connectivity index (χ0n) is 58.4. The second-order valence-corrected chi connectivity index (χ2v) is 29.5. The number of rotatable bonds is 22. The number of benzene rings is 1. The van der Waals surface area contributed by atoms with Crippen molar-refractivity contribution >= 4 is 12.0 Å². The first-order chi connectivity index (χ1) is 47.0. The van der Waals surface area contributed by atoms with Gasteiger partial charge in [0.1, 0.15) is 96.2 Å². The Morgan fingerprint density at radius 1 is 0.596 bits per heavy atom. The van der Waals surface area contributed by atoms with E-state index in [9.17, 15) is 61.0 Å². The third-order valence-corrected chi connectivity index (χ3v) is 24.0. The lowest BCUT2D eigenvalue weighted by Gasteiger charge is -2.67. The number of ether oxygens (including phenoxy) is 17. The van der Waals surface area contributed by atoms with Crippen molar-refractivity contribution in [1.82, 2.24) is 0 Å². The van der Waals surface area contributed by atoms with Gasteiger partial charge >= 0.3 is 5.97 Å². The van der Waals surface area contributed by atoms with Gasteiger partial charge in [-0.2, -0.15) is 0 Å². The van der Waals surface area contributed by atoms with Crippen molar-refractivity contribution in [3.63, 3.8) is 0 Å². The Morgan fingerprint density at radius 3 is 1.57 bits per heavy atom. The second kappa shape index (κ2) is 31.3. The first kappa shape index (κ1) is 77.2. The van der Waals surface area contributed by atoms with Crippen LogP contribution in [0.2, 0.25) is 0 Å². The van der Waals surface area contributed by atoms with Crippen molar-refractivity contribution < 1.29 is 141 Å². The largest absolute Gasteiger partial charge is 0.458 e. The summed E-state index contributed by atoms with van der Waals surface area (Å²) in [6.07, 6.45) is -21.1. The Kier molecular flexibility index (Phi) is 24.4. The molecule has 0 aromatic heterocycles. The van der Waals surface area contributed by atoms with Gasteiger partial charge in [-0.1, -0.05) is 55.8 Å². The molecule has 9 fully saturated rings. The van der Waals surface area contributed by atoms with Gasteiger partial charge in [-0.25, -0.2) is 4.79 Å². The fraction of sp³-hybridized carbons (Fsp3) is 0.843. The molecule has 0 spiro atoms. The number of carbonyl (C=O) groups excluding carboxylic acids is 1. The van der Waals surface area contributed by atoms with E-state index in [1.165, 1.54) is 20.1 Å². The maximum absolute atomic E-state index is 13.7. The van der Waals surface area contributed by atoms with E-state index in [4.69, 9.17) is 80.5 Å². The lowest BCUT2D eigenvalue weighted by Crippen LogP contribution is -2.78. The van der Waals surface area contributed by atoms with Crippen LogP contribution in [0, 0.1) is 16.7 Å². The van der Waals surface area contributed by atoms with E-state index in [1.807, 2.05) is 57.2 Å². The fourth-order valence-corrected chi connectivity index (χ4v) is 18.0. The topological polar surface area (TPSA) is 397 Å². The van der Waals surface area contributed by atoms with Crippen LogP contribution in [0.5, 0.6) is 0 Å². The van der Waals surface area contributed by atoms with Crippen molar-refractivity contribution in [1.29, 1.82) is 0 Å². The molecule has 6 heterocycles. The molecule has 0 radical (unpaired) electrons. The quantitative estimate of drug-likeness (QED) is 0.0432. The van der Waals surface area contributed by atoms with Crippen molar-refractivity contribution in [3.8, 4) is 0 Å². The summed E-state index contributed by atoms with van der Waals surface area (Å²) >= 11 is 0. The van der Waals surface area contributed by atoms with E-state index in [1.54, 1.807) is 41.3 Å². The standard InChI is InChI=1S/C70H108O29/c1-33-60(41(83-8)26-50(88-33)92-40-20-21-66(6)39(25-40)19-22-69(81)47(66)30-48(95-49(73)18-17-38-15-13-12-14-16-38)67(7)68(80,37(5)72)23-24-70(67,69)82)96-51-27-42(84-9)61(34(2)89-51)97-52-28-43(85-10)62(35(3)90-52)98-53-29-44(86-11)63(36(4)91-53)99-65-59(79)57(77)55(75)46(94-65)32-87-64-58(78)56(76)54(74)45(31-71)93-64/h12-19,33-37,40-48,50-65,71-72,74-82H,20-32H2,1-11H3. The van der Waals surface area contributed by atoms with Gasteiger partial charge in [0.2, 0.25) is 0 Å². The van der Waals surface area contributed by atoms with E-state index in [0.717, 1.165) is 11.1 Å². The molecular formula is C70H108O29. The van der Waals surface area contributed by atoms with Crippen LogP contribution in [0.25, 0.3) is 6.08 Å². The molecule has 35 unspecified atom stereocenters. The SMILES string of the molecule is COC1CC(OC2CCC3(C)C(=CCC4(O)C3CC(OC(=O)C=Cc3ccccc3)C3(C)C(O)(C(C)O)CCC43O)C2)OC(C)C1OC1CC(OC)C(OC2CC(OC)C(OC3CC(OC)C(OC4OC(COC5OC(CO)C(O)C(O)C5O)C(O)C(O)C4O)C(C)O3)C(C)O2)C(C)O1. The summed E-state index contributed by atoms with van der Waals surface area (Å²) in [6.45, 7) is 11.3. The average molecular weight is 1410 g/mol. The fourth-order valence-electron chi connectivity index (χ4n) is 18.0. The second-order valence-electron chi connectivity index (χ2n) is 29.5. The molecule has 1 aromatic rings. The third-order valence-electron chi connectivity index (χ3n) is 24.0. The van der Waals surface area contributed by atoms with Gasteiger partial charge in [0.05, 0.1) is 79.7 Å². The molecule has 29 heteroatoms. The smallest absolute Gasteiger partial charge is 0.331 e. The van der Waals surface area contributed by atoms with Crippen molar-refractivity contribution in [2.24, 2.45) is 16.7 Å². The van der Waals surface area contributed by atoms with E-state index < -0.39 is 225 Å². The third kappa shape index (κ3) is 14.7. The first-order valence-corrected chi connectivity index (χ1v) is 35.1. The van der Waals surface area contributed by atoms with Crippen LogP contribution >= 0.6 is 0 Å². The summed E-state index contributed by atoms with van der Waals surface area (Å²) in [5, 5.41) is 123. The molecular weight excluding hydrogens is 1300 g/mol. The van der Waals surface area contributed by atoms with Gasteiger partial charge in [0.25, 0.3) is 0 Å². The Labute approximate surface area is 577 Å². The molecule has 99 heavy (non-hydrogen) atoms. The zero-order valence-corrected chi connectivity index (χ0v) is 58.4. The maximum atomic E-state index is 13.7. The molecule has 6 saturated heterocycles. The van der Waals surface area contributed by atoms with E-state index in [-0.39, 0.29) is 44.6 Å². The van der Waals surface area contributed by atoms with Gasteiger partial charge in [-0.05, 0) is 96.6 Å². The molecule has 0 amide bonds. The highest BCUT2D eigenvalue weighted by Gasteiger charge is 2.81. The Balaban J connectivity index is 0.657. The van der Waals surface area contributed by atoms with Gasteiger partial charge in [-0.3, -0.25) is 0 Å². The summed E-state index contributed by atoms with van der Waals surface area (Å²) in [7, 11) is 6.26. The number of aliphatic hydroxyl groups is 11. The average Bonchev–Trinajstić information content (AvgIpc) is 1.57. The van der Waals surface area contributed by atoms with Crippen LogP contribution < -0.4 is 0 Å². The molecule has 3 saturated carbocycles. The summed E-state index contributed by atoms with van der Waals surface area (Å²) in [5.41, 5.74) is -6.00. The number of hydrogen-bond donors (Lipinski definition) is 11. The number of fused-ring (bicyclic) bond motifs is 5. The molecule has 11 N–H and O–H groups in total. The van der Waals surface area contributed by atoms with Crippen LogP contribution in [0.1, 0.15) is 125 Å². The van der Waals surface area contributed by atoms with Crippen LogP contribution in [0.4, 0.5) is 0 Å². The number of esters is 1. The van der Waals surface area contributed by atoms with Gasteiger partial charge in [0, 0.05) is 66.1 Å². The van der Waals surface area contributed by atoms with Crippen LogP contribution in [0.3, 0.4) is 0 Å². The van der Waals surface area contributed by atoms with E-state index in [0.29, 0.717) is 32.1 Å². The Hall–Kier alpha value is -2.91. The van der Waals surface area contributed by atoms with E-state index in [2.05, 4.69) is 6.92 Å². The number of carbonyl (C=O) groups is 1. The summed E-state index contributed by atoms with van der Waals surface area (Å²) in [6, 6.07) is 9.29.